The Morgan fingerprint density at radius 1 is 1.33 bits per heavy atom. The highest BCUT2D eigenvalue weighted by molar-refractivity contribution is 8.15. The van der Waals surface area contributed by atoms with Gasteiger partial charge in [0.05, 0.1) is 5.25 Å². The molecular formula is C13H15N3OS. The summed E-state index contributed by atoms with van der Waals surface area (Å²) in [5, 5.41) is 11.2. The Morgan fingerprint density at radius 2 is 2.06 bits per heavy atom. The summed E-state index contributed by atoms with van der Waals surface area (Å²) in [6.07, 6.45) is 0.713. The first-order valence-electron chi connectivity index (χ1n) is 5.75. The van der Waals surface area contributed by atoms with Crippen LogP contribution in [-0.2, 0) is 11.2 Å². The molecule has 1 aromatic carbocycles. The lowest BCUT2D eigenvalue weighted by Crippen LogP contribution is -2.25. The lowest BCUT2D eigenvalue weighted by atomic mass is 10.1. The minimum absolute atomic E-state index is 0.00607. The van der Waals surface area contributed by atoms with E-state index >= 15 is 0 Å². The van der Waals surface area contributed by atoms with Crippen LogP contribution in [0.25, 0.3) is 0 Å². The molecule has 1 aliphatic rings. The first kappa shape index (κ1) is 12.8. The molecule has 0 saturated carbocycles. The fourth-order valence-electron chi connectivity index (χ4n) is 1.56. The van der Waals surface area contributed by atoms with Crippen LogP contribution in [0.2, 0.25) is 0 Å². The van der Waals surface area contributed by atoms with Crippen molar-refractivity contribution < 1.29 is 4.79 Å². The Bertz CT molecular complexity index is 492. The zero-order chi connectivity index (χ0) is 13.0. The number of hydrogen-bond acceptors (Lipinski definition) is 4. The Hall–Kier alpha value is -1.62. The van der Waals surface area contributed by atoms with Crippen LogP contribution in [0, 0.1) is 0 Å². The summed E-state index contributed by atoms with van der Waals surface area (Å²) < 4.78 is 0. The molecule has 0 aromatic heterocycles. The fraction of sp³-hybridized carbons (Fsp3) is 0.308. The Labute approximate surface area is 111 Å². The molecule has 18 heavy (non-hydrogen) atoms. The normalized spacial score (nSPS) is 20.9. The monoisotopic (exact) mass is 261 g/mol. The van der Waals surface area contributed by atoms with Crippen LogP contribution in [0.15, 0.2) is 40.5 Å². The molecule has 2 rings (SSSR count). The maximum atomic E-state index is 11.8. The molecule has 0 radical (unpaired) electrons. The van der Waals surface area contributed by atoms with Crippen molar-refractivity contribution in [3.05, 3.63) is 35.9 Å². The molecule has 1 amide bonds. The number of hydrogen-bond donors (Lipinski definition) is 1. The van der Waals surface area contributed by atoms with E-state index in [0.717, 1.165) is 11.3 Å². The molecule has 0 bridgehead atoms. The summed E-state index contributed by atoms with van der Waals surface area (Å²) in [6, 6.07) is 9.98. The van der Waals surface area contributed by atoms with Crippen LogP contribution in [0.1, 0.15) is 19.4 Å². The van der Waals surface area contributed by atoms with E-state index in [0.29, 0.717) is 11.6 Å². The molecule has 1 aliphatic heterocycles. The first-order valence-corrected chi connectivity index (χ1v) is 6.63. The summed E-state index contributed by atoms with van der Waals surface area (Å²) >= 11 is 1.44. The highest BCUT2D eigenvalue weighted by atomic mass is 32.2. The molecule has 0 aliphatic carbocycles. The van der Waals surface area contributed by atoms with Gasteiger partial charge < -0.3 is 5.32 Å². The van der Waals surface area contributed by atoms with Gasteiger partial charge in [-0.3, -0.25) is 4.79 Å². The molecule has 1 heterocycles. The summed E-state index contributed by atoms with van der Waals surface area (Å²) in [5.74, 6) is 0.00607. The van der Waals surface area contributed by atoms with E-state index < -0.39 is 0 Å². The van der Waals surface area contributed by atoms with Gasteiger partial charge in [-0.25, -0.2) is 0 Å². The molecule has 5 heteroatoms. The molecular weight excluding hydrogens is 246 g/mol. The standard InChI is InChI=1S/C13H15N3OS/c1-9(2)15-16-13-14-12(17)11(18-13)8-10-6-4-3-5-7-10/h3-7,11H,8H2,1-2H3,(H,14,16,17)/t11-/m0/s1. The Morgan fingerprint density at radius 3 is 2.72 bits per heavy atom. The largest absolute Gasteiger partial charge is 0.303 e. The molecule has 4 nitrogen and oxygen atoms in total. The topological polar surface area (TPSA) is 53.8 Å². The van der Waals surface area contributed by atoms with Gasteiger partial charge in [-0.2, -0.15) is 5.10 Å². The summed E-state index contributed by atoms with van der Waals surface area (Å²) in [7, 11) is 0. The number of carbonyl (C=O) groups excluding carboxylic acids is 1. The van der Waals surface area contributed by atoms with Gasteiger partial charge in [0.1, 0.15) is 0 Å². The van der Waals surface area contributed by atoms with Gasteiger partial charge >= 0.3 is 0 Å². The third-order valence-corrected chi connectivity index (χ3v) is 3.45. The highest BCUT2D eigenvalue weighted by Gasteiger charge is 2.30. The van der Waals surface area contributed by atoms with Gasteiger partial charge in [0.15, 0.2) is 5.17 Å². The minimum Gasteiger partial charge on any atom is -0.303 e. The highest BCUT2D eigenvalue weighted by Crippen LogP contribution is 2.23. The van der Waals surface area contributed by atoms with Crippen molar-refractivity contribution in [2.24, 2.45) is 10.2 Å². The van der Waals surface area contributed by atoms with Gasteiger partial charge in [-0.15, -0.1) is 5.10 Å². The zero-order valence-corrected chi connectivity index (χ0v) is 11.2. The lowest BCUT2D eigenvalue weighted by molar-refractivity contribution is -0.118. The lowest BCUT2D eigenvalue weighted by Gasteiger charge is -2.04. The van der Waals surface area contributed by atoms with Crippen LogP contribution in [0.3, 0.4) is 0 Å². The van der Waals surface area contributed by atoms with Crippen LogP contribution < -0.4 is 5.32 Å². The smallest absolute Gasteiger partial charge is 0.239 e. The maximum Gasteiger partial charge on any atom is 0.239 e. The average molecular weight is 261 g/mol. The Kier molecular flexibility index (Phi) is 4.15. The van der Waals surface area contributed by atoms with E-state index in [1.807, 2.05) is 44.2 Å². The van der Waals surface area contributed by atoms with Gasteiger partial charge in [0, 0.05) is 5.71 Å². The van der Waals surface area contributed by atoms with E-state index in [1.54, 1.807) is 0 Å². The van der Waals surface area contributed by atoms with Gasteiger partial charge in [0.25, 0.3) is 0 Å². The molecule has 1 saturated heterocycles. The van der Waals surface area contributed by atoms with Crippen molar-refractivity contribution in [1.82, 2.24) is 5.32 Å². The number of nitrogens with one attached hydrogen (secondary N) is 1. The van der Waals surface area contributed by atoms with Crippen LogP contribution in [0.5, 0.6) is 0 Å². The molecule has 0 unspecified atom stereocenters. The number of amides is 1. The van der Waals surface area contributed by atoms with Crippen molar-refractivity contribution >= 4 is 28.5 Å². The van der Waals surface area contributed by atoms with Gasteiger partial charge in [-0.1, -0.05) is 42.1 Å². The van der Waals surface area contributed by atoms with Gasteiger partial charge in [-0.05, 0) is 25.8 Å². The molecule has 1 atom stereocenters. The predicted molar refractivity (Wildman–Crippen MR) is 75.9 cm³/mol. The van der Waals surface area contributed by atoms with E-state index in [2.05, 4.69) is 15.5 Å². The number of nitrogens with zero attached hydrogens (tertiary/aromatic N) is 2. The van der Waals surface area contributed by atoms with Crippen LogP contribution in [-0.4, -0.2) is 22.0 Å². The van der Waals surface area contributed by atoms with E-state index in [1.165, 1.54) is 11.8 Å². The molecule has 1 aromatic rings. The van der Waals surface area contributed by atoms with Crippen molar-refractivity contribution in [3.8, 4) is 0 Å². The van der Waals surface area contributed by atoms with Crippen LogP contribution >= 0.6 is 11.8 Å². The van der Waals surface area contributed by atoms with Crippen molar-refractivity contribution in [1.29, 1.82) is 0 Å². The average Bonchev–Trinajstić information content (AvgIpc) is 2.69. The third kappa shape index (κ3) is 3.43. The summed E-state index contributed by atoms with van der Waals surface area (Å²) in [4.78, 5) is 11.8. The second-order valence-corrected chi connectivity index (χ2v) is 5.43. The summed E-state index contributed by atoms with van der Waals surface area (Å²) in [6.45, 7) is 3.74. The fourth-order valence-corrected chi connectivity index (χ4v) is 2.52. The second kappa shape index (κ2) is 5.82. The quantitative estimate of drug-likeness (QED) is 0.670. The van der Waals surface area contributed by atoms with Crippen molar-refractivity contribution in [3.63, 3.8) is 0 Å². The number of carbonyl (C=O) groups is 1. The number of thioether (sulfide) groups is 1. The second-order valence-electron chi connectivity index (χ2n) is 4.24. The Balaban J connectivity index is 2.02. The zero-order valence-electron chi connectivity index (χ0n) is 10.4. The molecule has 1 N–H and O–H groups in total. The predicted octanol–water partition coefficient (Wildman–Crippen LogP) is 2.21. The molecule has 1 fully saturated rings. The van der Waals surface area contributed by atoms with Crippen molar-refractivity contribution in [2.75, 3.05) is 0 Å². The number of benzene rings is 1. The number of rotatable bonds is 3. The molecule has 0 spiro atoms. The SMILES string of the molecule is CC(C)=N/N=C1\NC(=O)[C@H](Cc2ccccc2)S1. The van der Waals surface area contributed by atoms with E-state index in [9.17, 15) is 4.79 Å². The number of amidine groups is 1. The van der Waals surface area contributed by atoms with Crippen LogP contribution in [0.4, 0.5) is 0 Å². The van der Waals surface area contributed by atoms with Crippen molar-refractivity contribution in [2.45, 2.75) is 25.5 Å². The van der Waals surface area contributed by atoms with Gasteiger partial charge in [0.2, 0.25) is 5.91 Å². The summed E-state index contributed by atoms with van der Waals surface area (Å²) in [5.41, 5.74) is 2.02. The maximum absolute atomic E-state index is 11.8. The first-order chi connectivity index (χ1) is 8.65. The minimum atomic E-state index is -0.112. The molecule has 94 valence electrons. The van der Waals surface area contributed by atoms with E-state index in [4.69, 9.17) is 0 Å². The van der Waals surface area contributed by atoms with E-state index in [-0.39, 0.29) is 11.2 Å². The third-order valence-electron chi connectivity index (χ3n) is 2.38.